The lowest BCUT2D eigenvalue weighted by Gasteiger charge is -2.07. The van der Waals surface area contributed by atoms with Crippen LogP contribution in [-0.2, 0) is 30.5 Å². The van der Waals surface area contributed by atoms with Crippen molar-refractivity contribution in [1.82, 2.24) is 5.32 Å². The molecule has 0 spiro atoms. The van der Waals surface area contributed by atoms with Gasteiger partial charge in [-0.3, -0.25) is 9.59 Å². The number of ether oxygens (including phenoxy) is 3. The average molecular weight is 339 g/mol. The molecule has 0 heterocycles. The standard InChI is InChI=1S/C16H21NO7/c1-12(19)23-10-13-3-5-14(6-4-13)24-16(21)9-17-15(20)11-22-8-2-7-18/h3-6,18H,2,7-11H2,1H3,(H,17,20). The van der Waals surface area contributed by atoms with Crippen molar-refractivity contribution in [2.24, 2.45) is 0 Å². The van der Waals surface area contributed by atoms with Gasteiger partial charge in [0.2, 0.25) is 5.91 Å². The molecule has 8 heteroatoms. The fourth-order valence-corrected chi connectivity index (χ4v) is 1.56. The fourth-order valence-electron chi connectivity index (χ4n) is 1.56. The molecule has 0 fully saturated rings. The molecule has 1 rings (SSSR count). The highest BCUT2D eigenvalue weighted by molar-refractivity contribution is 5.83. The molecule has 0 aliphatic carbocycles. The quantitative estimate of drug-likeness (QED) is 0.355. The van der Waals surface area contributed by atoms with Crippen LogP contribution < -0.4 is 10.1 Å². The Morgan fingerprint density at radius 1 is 1.17 bits per heavy atom. The summed E-state index contributed by atoms with van der Waals surface area (Å²) in [7, 11) is 0. The van der Waals surface area contributed by atoms with E-state index in [9.17, 15) is 14.4 Å². The highest BCUT2D eigenvalue weighted by Crippen LogP contribution is 2.13. The van der Waals surface area contributed by atoms with Gasteiger partial charge in [-0.25, -0.2) is 4.79 Å². The van der Waals surface area contributed by atoms with Crippen LogP contribution in [0.25, 0.3) is 0 Å². The van der Waals surface area contributed by atoms with Gasteiger partial charge in [0, 0.05) is 20.1 Å². The SMILES string of the molecule is CC(=O)OCc1ccc(OC(=O)CNC(=O)COCCCO)cc1. The molecule has 0 unspecified atom stereocenters. The topological polar surface area (TPSA) is 111 Å². The van der Waals surface area contributed by atoms with Crippen LogP contribution in [0.4, 0.5) is 0 Å². The smallest absolute Gasteiger partial charge is 0.330 e. The highest BCUT2D eigenvalue weighted by atomic mass is 16.5. The molecule has 0 aliphatic heterocycles. The maximum absolute atomic E-state index is 11.6. The van der Waals surface area contributed by atoms with E-state index in [0.29, 0.717) is 12.2 Å². The number of hydrogen-bond acceptors (Lipinski definition) is 7. The van der Waals surface area contributed by atoms with Crippen LogP contribution in [0.3, 0.4) is 0 Å². The molecule has 0 bridgehead atoms. The summed E-state index contributed by atoms with van der Waals surface area (Å²) in [6.45, 7) is 1.27. The first-order valence-corrected chi connectivity index (χ1v) is 7.39. The molecule has 1 amide bonds. The molecule has 2 N–H and O–H groups in total. The van der Waals surface area contributed by atoms with Crippen LogP contribution in [0.15, 0.2) is 24.3 Å². The van der Waals surface area contributed by atoms with Gasteiger partial charge < -0.3 is 24.6 Å². The minimum Gasteiger partial charge on any atom is -0.461 e. The first kappa shape index (κ1) is 19.6. The molecule has 0 radical (unpaired) electrons. The zero-order chi connectivity index (χ0) is 17.8. The van der Waals surface area contributed by atoms with Crippen molar-refractivity contribution in [3.8, 4) is 5.75 Å². The molecular weight excluding hydrogens is 318 g/mol. The zero-order valence-corrected chi connectivity index (χ0v) is 13.4. The Kier molecular flexibility index (Phi) is 9.10. The predicted molar refractivity (Wildman–Crippen MR) is 83.1 cm³/mol. The predicted octanol–water partition coefficient (Wildman–Crippen LogP) is 0.170. The molecule has 1 aromatic rings. The van der Waals surface area contributed by atoms with E-state index in [4.69, 9.17) is 19.3 Å². The number of aliphatic hydroxyl groups is 1. The largest absolute Gasteiger partial charge is 0.461 e. The lowest BCUT2D eigenvalue weighted by molar-refractivity contribution is -0.142. The molecule has 0 saturated carbocycles. The van der Waals surface area contributed by atoms with Crippen LogP contribution in [-0.4, -0.2) is 49.3 Å². The van der Waals surface area contributed by atoms with Crippen molar-refractivity contribution in [3.63, 3.8) is 0 Å². The second kappa shape index (κ2) is 11.1. The van der Waals surface area contributed by atoms with Crippen molar-refractivity contribution in [1.29, 1.82) is 0 Å². The van der Waals surface area contributed by atoms with Gasteiger partial charge in [-0.1, -0.05) is 12.1 Å². The number of esters is 2. The minimum atomic E-state index is -0.619. The summed E-state index contributed by atoms with van der Waals surface area (Å²) in [5, 5.41) is 10.9. The number of nitrogens with one attached hydrogen (secondary N) is 1. The maximum atomic E-state index is 11.6. The molecule has 24 heavy (non-hydrogen) atoms. The van der Waals surface area contributed by atoms with E-state index in [1.807, 2.05) is 0 Å². The molecular formula is C16H21NO7. The number of hydrogen-bond donors (Lipinski definition) is 2. The first-order chi connectivity index (χ1) is 11.5. The third-order valence-electron chi connectivity index (χ3n) is 2.71. The molecule has 132 valence electrons. The summed E-state index contributed by atoms with van der Waals surface area (Å²) in [5.41, 5.74) is 0.762. The number of benzene rings is 1. The van der Waals surface area contributed by atoms with Gasteiger partial charge in [-0.2, -0.15) is 0 Å². The Morgan fingerprint density at radius 3 is 2.50 bits per heavy atom. The van der Waals surface area contributed by atoms with E-state index in [1.54, 1.807) is 24.3 Å². The van der Waals surface area contributed by atoms with Crippen LogP contribution in [0.1, 0.15) is 18.9 Å². The number of carbonyl (C=O) groups is 3. The van der Waals surface area contributed by atoms with Gasteiger partial charge in [0.25, 0.3) is 0 Å². The van der Waals surface area contributed by atoms with E-state index in [0.717, 1.165) is 5.56 Å². The number of rotatable bonds is 10. The van der Waals surface area contributed by atoms with Gasteiger partial charge >= 0.3 is 11.9 Å². The molecule has 0 atom stereocenters. The molecule has 0 saturated heterocycles. The fraction of sp³-hybridized carbons (Fsp3) is 0.438. The van der Waals surface area contributed by atoms with E-state index in [2.05, 4.69) is 5.32 Å². The Labute approximate surface area is 139 Å². The molecule has 0 aromatic heterocycles. The Balaban J connectivity index is 2.27. The number of carbonyl (C=O) groups excluding carboxylic acids is 3. The second-order valence-corrected chi connectivity index (χ2v) is 4.80. The second-order valence-electron chi connectivity index (χ2n) is 4.80. The molecule has 1 aromatic carbocycles. The van der Waals surface area contributed by atoms with Crippen LogP contribution in [0, 0.1) is 0 Å². The van der Waals surface area contributed by atoms with Crippen molar-refractivity contribution in [2.45, 2.75) is 20.0 Å². The van der Waals surface area contributed by atoms with E-state index in [-0.39, 0.29) is 38.9 Å². The Morgan fingerprint density at radius 2 is 1.88 bits per heavy atom. The normalized spacial score (nSPS) is 10.1. The summed E-state index contributed by atoms with van der Waals surface area (Å²) in [5.74, 6) is -1.12. The average Bonchev–Trinajstić information content (AvgIpc) is 2.56. The summed E-state index contributed by atoms with van der Waals surface area (Å²) < 4.78 is 14.9. The minimum absolute atomic E-state index is 0.00634. The first-order valence-electron chi connectivity index (χ1n) is 7.39. The number of aliphatic hydroxyl groups excluding tert-OH is 1. The lowest BCUT2D eigenvalue weighted by atomic mass is 10.2. The highest BCUT2D eigenvalue weighted by Gasteiger charge is 2.08. The Bertz CT molecular complexity index is 542. The summed E-state index contributed by atoms with van der Waals surface area (Å²) >= 11 is 0. The number of amides is 1. The summed E-state index contributed by atoms with van der Waals surface area (Å²) in [6, 6.07) is 6.46. The summed E-state index contributed by atoms with van der Waals surface area (Å²) in [6.07, 6.45) is 0.447. The van der Waals surface area contributed by atoms with Crippen molar-refractivity contribution >= 4 is 17.8 Å². The molecule has 0 aliphatic rings. The monoisotopic (exact) mass is 339 g/mol. The lowest BCUT2D eigenvalue weighted by Crippen LogP contribution is -2.34. The molecule has 8 nitrogen and oxygen atoms in total. The summed E-state index contributed by atoms with van der Waals surface area (Å²) in [4.78, 5) is 33.7. The van der Waals surface area contributed by atoms with Crippen LogP contribution in [0.2, 0.25) is 0 Å². The van der Waals surface area contributed by atoms with Gasteiger partial charge in [0.15, 0.2) is 0 Å². The third-order valence-corrected chi connectivity index (χ3v) is 2.71. The van der Waals surface area contributed by atoms with E-state index < -0.39 is 11.9 Å². The van der Waals surface area contributed by atoms with E-state index in [1.165, 1.54) is 6.92 Å². The van der Waals surface area contributed by atoms with Crippen molar-refractivity contribution in [3.05, 3.63) is 29.8 Å². The Hall–Kier alpha value is -2.45. The maximum Gasteiger partial charge on any atom is 0.330 e. The van der Waals surface area contributed by atoms with Crippen LogP contribution in [0.5, 0.6) is 5.75 Å². The van der Waals surface area contributed by atoms with Gasteiger partial charge in [-0.15, -0.1) is 0 Å². The van der Waals surface area contributed by atoms with Gasteiger partial charge in [-0.05, 0) is 24.1 Å². The van der Waals surface area contributed by atoms with E-state index >= 15 is 0 Å². The van der Waals surface area contributed by atoms with Crippen LogP contribution >= 0.6 is 0 Å². The van der Waals surface area contributed by atoms with Gasteiger partial charge in [0.05, 0.1) is 0 Å². The zero-order valence-electron chi connectivity index (χ0n) is 13.4. The third kappa shape index (κ3) is 8.86. The van der Waals surface area contributed by atoms with Gasteiger partial charge in [0.1, 0.15) is 25.5 Å². The van der Waals surface area contributed by atoms with Crippen molar-refractivity contribution < 1.29 is 33.7 Å². The van der Waals surface area contributed by atoms with Crippen molar-refractivity contribution in [2.75, 3.05) is 26.4 Å².